The van der Waals surface area contributed by atoms with Gasteiger partial charge in [-0.3, -0.25) is 0 Å². The summed E-state index contributed by atoms with van der Waals surface area (Å²) < 4.78 is 1.86. The molecule has 0 N–H and O–H groups in total. The normalized spacial score (nSPS) is 11.2. The zero-order chi connectivity index (χ0) is 18.9. The van der Waals surface area contributed by atoms with E-state index in [1.165, 1.54) is 22.3 Å². The Hall–Kier alpha value is -3.31. The van der Waals surface area contributed by atoms with Crippen LogP contribution < -0.4 is 0 Å². The number of fused-ring (bicyclic) bond motifs is 1. The van der Waals surface area contributed by atoms with Gasteiger partial charge < -0.3 is 0 Å². The van der Waals surface area contributed by atoms with Crippen molar-refractivity contribution < 1.29 is 0 Å². The number of rotatable bonds is 4. The second-order valence-corrected chi connectivity index (χ2v) is 7.81. The third-order valence-corrected chi connectivity index (χ3v) is 5.73. The van der Waals surface area contributed by atoms with Crippen molar-refractivity contribution in [2.45, 2.75) is 13.3 Å². The van der Waals surface area contributed by atoms with Crippen LogP contribution in [0.15, 0.2) is 78.9 Å². The van der Waals surface area contributed by atoms with Crippen LogP contribution >= 0.6 is 11.3 Å². The summed E-state index contributed by atoms with van der Waals surface area (Å²) in [7, 11) is 0. The Bertz CT molecular complexity index is 1240. The van der Waals surface area contributed by atoms with Gasteiger partial charge in [-0.05, 0) is 29.2 Å². The fraction of sp³-hybridized carbons (Fsp3) is 0.0870. The maximum absolute atomic E-state index is 4.78. The molecular weight excluding hydrogens is 364 g/mol. The topological polar surface area (TPSA) is 43.1 Å². The molecule has 0 saturated carbocycles. The number of hydrogen-bond donors (Lipinski definition) is 0. The summed E-state index contributed by atoms with van der Waals surface area (Å²) in [6.07, 6.45) is 0.788. The van der Waals surface area contributed by atoms with Crippen LogP contribution in [-0.2, 0) is 6.42 Å². The van der Waals surface area contributed by atoms with E-state index in [0.717, 1.165) is 27.8 Å². The Morgan fingerprint density at radius 2 is 1.50 bits per heavy atom. The Kier molecular flexibility index (Phi) is 4.22. The summed E-state index contributed by atoms with van der Waals surface area (Å²) in [5, 5.41) is 14.5. The molecule has 2 heterocycles. The fourth-order valence-corrected chi connectivity index (χ4v) is 4.21. The van der Waals surface area contributed by atoms with Gasteiger partial charge in [-0.15, -0.1) is 10.2 Å². The van der Waals surface area contributed by atoms with E-state index in [4.69, 9.17) is 5.10 Å². The van der Waals surface area contributed by atoms with E-state index in [-0.39, 0.29) is 0 Å². The predicted octanol–water partition coefficient (Wildman–Crippen LogP) is 5.42. The van der Waals surface area contributed by atoms with Gasteiger partial charge in [-0.25, -0.2) is 0 Å². The lowest BCUT2D eigenvalue weighted by Gasteiger charge is -2.03. The number of hydrogen-bond acceptors (Lipinski definition) is 4. The molecule has 2 aromatic heterocycles. The van der Waals surface area contributed by atoms with Crippen molar-refractivity contribution in [3.8, 4) is 22.5 Å². The van der Waals surface area contributed by atoms with Gasteiger partial charge in [0, 0.05) is 12.0 Å². The maximum atomic E-state index is 4.78. The summed E-state index contributed by atoms with van der Waals surface area (Å²) >= 11 is 1.59. The van der Waals surface area contributed by atoms with Crippen LogP contribution in [0.2, 0.25) is 0 Å². The smallest absolute Gasteiger partial charge is 0.183 e. The number of benzene rings is 3. The van der Waals surface area contributed by atoms with Gasteiger partial charge >= 0.3 is 0 Å². The third kappa shape index (κ3) is 3.10. The lowest BCUT2D eigenvalue weighted by molar-refractivity contribution is 0.917. The number of aryl methyl sites for hydroxylation is 1. The fourth-order valence-electron chi connectivity index (χ4n) is 3.34. The predicted molar refractivity (Wildman–Crippen MR) is 114 cm³/mol. The van der Waals surface area contributed by atoms with Crippen molar-refractivity contribution in [2.75, 3.05) is 0 Å². The molecule has 136 valence electrons. The van der Waals surface area contributed by atoms with Crippen molar-refractivity contribution >= 4 is 16.3 Å². The summed E-state index contributed by atoms with van der Waals surface area (Å²) in [6.45, 7) is 2.08. The average Bonchev–Trinajstić information content (AvgIpc) is 3.30. The van der Waals surface area contributed by atoms with Crippen LogP contribution in [-0.4, -0.2) is 19.8 Å². The molecule has 28 heavy (non-hydrogen) atoms. The quantitative estimate of drug-likeness (QED) is 0.417. The second-order valence-electron chi connectivity index (χ2n) is 6.77. The van der Waals surface area contributed by atoms with Gasteiger partial charge in [-0.2, -0.15) is 9.61 Å². The molecule has 0 atom stereocenters. The minimum absolute atomic E-state index is 0.788. The first-order valence-electron chi connectivity index (χ1n) is 9.19. The third-order valence-electron chi connectivity index (χ3n) is 4.84. The first-order chi connectivity index (χ1) is 13.8. The minimum Gasteiger partial charge on any atom is -0.183 e. The highest BCUT2D eigenvalue weighted by molar-refractivity contribution is 7.16. The molecule has 5 heteroatoms. The molecule has 0 bridgehead atoms. The van der Waals surface area contributed by atoms with Crippen LogP contribution in [0.3, 0.4) is 0 Å². The summed E-state index contributed by atoms with van der Waals surface area (Å²) in [5.41, 5.74) is 5.93. The van der Waals surface area contributed by atoms with Gasteiger partial charge in [0.1, 0.15) is 5.01 Å². The highest BCUT2D eigenvalue weighted by Crippen LogP contribution is 2.26. The zero-order valence-electron chi connectivity index (χ0n) is 15.4. The molecule has 0 aliphatic rings. The largest absolute Gasteiger partial charge is 0.234 e. The van der Waals surface area contributed by atoms with Crippen molar-refractivity contribution in [2.24, 2.45) is 0 Å². The van der Waals surface area contributed by atoms with Gasteiger partial charge in [-0.1, -0.05) is 90.2 Å². The Balaban J connectivity index is 1.42. The summed E-state index contributed by atoms with van der Waals surface area (Å²) in [4.78, 5) is 0.828. The molecule has 0 amide bonds. The van der Waals surface area contributed by atoms with E-state index < -0.39 is 0 Å². The standard InChI is InChI=1S/C23H18N4S/c1-16-7-5-6-10-20(16)22-24-25-23-27(22)26-21(28-23)15-17-11-13-19(14-12-17)18-8-3-2-4-9-18/h2-14H,15H2,1H3. The van der Waals surface area contributed by atoms with Gasteiger partial charge in [0.25, 0.3) is 0 Å². The first-order valence-corrected chi connectivity index (χ1v) is 10.0. The van der Waals surface area contributed by atoms with Gasteiger partial charge in [0.05, 0.1) is 0 Å². The van der Waals surface area contributed by atoms with E-state index in [1.807, 2.05) is 22.7 Å². The SMILES string of the molecule is Cc1ccccc1-c1nnc2sc(Cc3ccc(-c4ccccc4)cc3)nn12. The van der Waals surface area contributed by atoms with Crippen molar-refractivity contribution in [1.29, 1.82) is 0 Å². The van der Waals surface area contributed by atoms with Crippen LogP contribution in [0.1, 0.15) is 16.1 Å². The van der Waals surface area contributed by atoms with Crippen LogP contribution in [0.25, 0.3) is 27.5 Å². The Labute approximate surface area is 167 Å². The first kappa shape index (κ1) is 16.8. The number of aromatic nitrogens is 4. The molecule has 0 spiro atoms. The van der Waals surface area contributed by atoms with Crippen LogP contribution in [0.5, 0.6) is 0 Å². The maximum Gasteiger partial charge on any atom is 0.234 e. The summed E-state index contributed by atoms with van der Waals surface area (Å²) in [5.74, 6) is 0.801. The molecule has 0 aliphatic heterocycles. The zero-order valence-corrected chi connectivity index (χ0v) is 16.2. The lowest BCUT2D eigenvalue weighted by Crippen LogP contribution is -1.95. The van der Waals surface area contributed by atoms with E-state index in [0.29, 0.717) is 0 Å². The van der Waals surface area contributed by atoms with Gasteiger partial charge in [0.2, 0.25) is 4.96 Å². The molecule has 5 aromatic rings. The van der Waals surface area contributed by atoms with Crippen LogP contribution in [0, 0.1) is 6.92 Å². The Morgan fingerprint density at radius 1 is 0.786 bits per heavy atom. The molecule has 0 aliphatic carbocycles. The molecule has 0 radical (unpaired) electrons. The lowest BCUT2D eigenvalue weighted by atomic mass is 10.0. The van der Waals surface area contributed by atoms with Crippen molar-refractivity contribution in [1.82, 2.24) is 19.8 Å². The average molecular weight is 382 g/mol. The van der Waals surface area contributed by atoms with Crippen LogP contribution in [0.4, 0.5) is 0 Å². The van der Waals surface area contributed by atoms with E-state index in [9.17, 15) is 0 Å². The summed E-state index contributed by atoms with van der Waals surface area (Å²) in [6, 6.07) is 27.3. The molecule has 0 unspecified atom stereocenters. The number of nitrogens with zero attached hydrogens (tertiary/aromatic N) is 4. The van der Waals surface area contributed by atoms with Crippen molar-refractivity contribution in [3.05, 3.63) is 95.0 Å². The highest BCUT2D eigenvalue weighted by Gasteiger charge is 2.15. The Morgan fingerprint density at radius 3 is 2.29 bits per heavy atom. The molecule has 4 nitrogen and oxygen atoms in total. The molecule has 0 fully saturated rings. The highest BCUT2D eigenvalue weighted by atomic mass is 32.1. The monoisotopic (exact) mass is 382 g/mol. The molecular formula is C23H18N4S. The van der Waals surface area contributed by atoms with E-state index in [1.54, 1.807) is 11.3 Å². The van der Waals surface area contributed by atoms with Crippen molar-refractivity contribution in [3.63, 3.8) is 0 Å². The minimum atomic E-state index is 0.788. The second kappa shape index (κ2) is 7.02. The van der Waals surface area contributed by atoms with E-state index in [2.05, 4.69) is 77.8 Å². The van der Waals surface area contributed by atoms with Gasteiger partial charge in [0.15, 0.2) is 5.82 Å². The van der Waals surface area contributed by atoms with E-state index >= 15 is 0 Å². The molecule has 0 saturated heterocycles. The molecule has 3 aromatic carbocycles. The molecule has 5 rings (SSSR count).